The number of rotatable bonds is 2. The molecule has 1 aliphatic carbocycles. The molecule has 0 aliphatic heterocycles. The zero-order valence-corrected chi connectivity index (χ0v) is 7.39. The molecule has 0 saturated carbocycles. The van der Waals surface area contributed by atoms with Crippen LogP contribution in [0.15, 0.2) is 23.5 Å². The molecule has 0 fully saturated rings. The van der Waals surface area contributed by atoms with Crippen molar-refractivity contribution in [2.24, 2.45) is 0 Å². The predicted molar refractivity (Wildman–Crippen MR) is 46.5 cm³/mol. The second kappa shape index (κ2) is 3.95. The first kappa shape index (κ1) is 8.84. The Bertz CT molecular complexity index is 241. The first-order valence-electron chi connectivity index (χ1n) is 3.96. The van der Waals surface area contributed by atoms with Crippen LogP contribution in [0.3, 0.4) is 0 Å². The van der Waals surface area contributed by atoms with Gasteiger partial charge in [0.2, 0.25) is 0 Å². The van der Waals surface area contributed by atoms with E-state index in [1.165, 1.54) is 0 Å². The summed E-state index contributed by atoms with van der Waals surface area (Å²) in [5.41, 5.74) is 0.645. The van der Waals surface area contributed by atoms with Crippen LogP contribution in [-0.4, -0.2) is 20.1 Å². The Kier molecular flexibility index (Phi) is 2.91. The summed E-state index contributed by atoms with van der Waals surface area (Å²) in [6.45, 7) is 0. The molecule has 0 radical (unpaired) electrons. The lowest BCUT2D eigenvalue weighted by molar-refractivity contribution is -0.117. The number of hydrogen-bond acceptors (Lipinski definition) is 2. The summed E-state index contributed by atoms with van der Waals surface area (Å²) in [5, 5.41) is 2.57. The fourth-order valence-corrected chi connectivity index (χ4v) is 1.19. The van der Waals surface area contributed by atoms with Crippen molar-refractivity contribution in [2.75, 3.05) is 14.2 Å². The van der Waals surface area contributed by atoms with E-state index in [1.54, 1.807) is 14.2 Å². The first-order valence-corrected chi connectivity index (χ1v) is 3.96. The maximum atomic E-state index is 11.2. The quantitative estimate of drug-likeness (QED) is 0.665. The average Bonchev–Trinajstić information content (AvgIpc) is 2.16. The van der Waals surface area contributed by atoms with Gasteiger partial charge in [0.25, 0.3) is 5.91 Å². The molecule has 0 aromatic rings. The van der Waals surface area contributed by atoms with Crippen LogP contribution >= 0.6 is 0 Å². The topological polar surface area (TPSA) is 38.3 Å². The van der Waals surface area contributed by atoms with Crippen LogP contribution < -0.4 is 5.32 Å². The smallest absolute Gasteiger partial charge is 0.254 e. The third kappa shape index (κ3) is 1.67. The largest absolute Gasteiger partial charge is 0.496 e. The van der Waals surface area contributed by atoms with Gasteiger partial charge in [0.05, 0.1) is 12.7 Å². The van der Waals surface area contributed by atoms with E-state index in [9.17, 15) is 4.79 Å². The van der Waals surface area contributed by atoms with E-state index in [0.29, 0.717) is 11.3 Å². The van der Waals surface area contributed by atoms with Gasteiger partial charge < -0.3 is 10.1 Å². The lowest BCUT2D eigenvalue weighted by Gasteiger charge is -2.13. The molecular formula is C9H13NO2. The minimum absolute atomic E-state index is 0.0807. The maximum absolute atomic E-state index is 11.2. The van der Waals surface area contributed by atoms with Crippen LogP contribution in [0.1, 0.15) is 12.8 Å². The Hall–Kier alpha value is -1.25. The van der Waals surface area contributed by atoms with E-state index in [0.717, 1.165) is 12.8 Å². The number of nitrogens with one attached hydrogen (secondary N) is 1. The minimum Gasteiger partial charge on any atom is -0.496 e. The Balaban J connectivity index is 2.80. The number of amides is 1. The van der Waals surface area contributed by atoms with Gasteiger partial charge in [-0.1, -0.05) is 6.08 Å². The summed E-state index contributed by atoms with van der Waals surface area (Å²) in [4.78, 5) is 11.2. The minimum atomic E-state index is -0.0807. The second-order valence-corrected chi connectivity index (χ2v) is 2.55. The SMILES string of the molecule is CNC(=O)C1=CCCC=C1OC. The molecule has 0 atom stereocenters. The van der Waals surface area contributed by atoms with Gasteiger partial charge >= 0.3 is 0 Å². The number of ether oxygens (including phenoxy) is 1. The average molecular weight is 167 g/mol. The molecule has 3 nitrogen and oxygen atoms in total. The lowest BCUT2D eigenvalue weighted by atomic mass is 10.0. The molecule has 12 heavy (non-hydrogen) atoms. The van der Waals surface area contributed by atoms with Gasteiger partial charge in [-0.3, -0.25) is 4.79 Å². The second-order valence-electron chi connectivity index (χ2n) is 2.55. The van der Waals surface area contributed by atoms with E-state index in [1.807, 2.05) is 12.2 Å². The summed E-state index contributed by atoms with van der Waals surface area (Å²) in [7, 11) is 3.19. The van der Waals surface area contributed by atoms with Crippen LogP contribution in [0.25, 0.3) is 0 Å². The highest BCUT2D eigenvalue weighted by atomic mass is 16.5. The number of likely N-dealkylation sites (N-methyl/N-ethyl adjacent to an activating group) is 1. The Labute approximate surface area is 72.1 Å². The summed E-state index contributed by atoms with van der Waals surface area (Å²) >= 11 is 0. The fourth-order valence-electron chi connectivity index (χ4n) is 1.19. The predicted octanol–water partition coefficient (Wildman–Crippen LogP) is 0.983. The molecule has 0 aromatic heterocycles. The summed E-state index contributed by atoms with van der Waals surface area (Å²) in [6, 6.07) is 0. The van der Waals surface area contributed by atoms with Gasteiger partial charge in [-0.05, 0) is 18.9 Å². The van der Waals surface area contributed by atoms with Crippen LogP contribution in [0, 0.1) is 0 Å². The van der Waals surface area contributed by atoms with Gasteiger partial charge in [0.1, 0.15) is 5.76 Å². The zero-order valence-electron chi connectivity index (χ0n) is 7.39. The van der Waals surface area contributed by atoms with E-state index >= 15 is 0 Å². The molecule has 1 aliphatic rings. The normalized spacial score (nSPS) is 16.2. The molecule has 1 amide bonds. The van der Waals surface area contributed by atoms with Crippen LogP contribution in [0.4, 0.5) is 0 Å². The summed E-state index contributed by atoms with van der Waals surface area (Å²) in [5.74, 6) is 0.600. The summed E-state index contributed by atoms with van der Waals surface area (Å²) < 4.78 is 5.06. The van der Waals surface area contributed by atoms with Crippen molar-refractivity contribution < 1.29 is 9.53 Å². The van der Waals surface area contributed by atoms with Crippen molar-refractivity contribution in [3.05, 3.63) is 23.5 Å². The van der Waals surface area contributed by atoms with E-state index in [4.69, 9.17) is 4.74 Å². The molecule has 0 aromatic carbocycles. The molecule has 1 rings (SSSR count). The molecule has 3 heteroatoms. The fraction of sp³-hybridized carbons (Fsp3) is 0.444. The van der Waals surface area contributed by atoms with Gasteiger partial charge in [-0.2, -0.15) is 0 Å². The van der Waals surface area contributed by atoms with Crippen molar-refractivity contribution in [1.29, 1.82) is 0 Å². The maximum Gasteiger partial charge on any atom is 0.254 e. The van der Waals surface area contributed by atoms with Crippen molar-refractivity contribution in [3.63, 3.8) is 0 Å². The number of methoxy groups -OCH3 is 1. The van der Waals surface area contributed by atoms with Gasteiger partial charge in [-0.15, -0.1) is 0 Å². The highest BCUT2D eigenvalue weighted by Gasteiger charge is 2.15. The van der Waals surface area contributed by atoms with Crippen molar-refractivity contribution in [1.82, 2.24) is 5.32 Å². The number of carbonyl (C=O) groups is 1. The highest BCUT2D eigenvalue weighted by Crippen LogP contribution is 2.18. The number of hydrogen-bond donors (Lipinski definition) is 1. The highest BCUT2D eigenvalue weighted by molar-refractivity contribution is 5.97. The molecule has 0 saturated heterocycles. The first-order chi connectivity index (χ1) is 5.79. The van der Waals surface area contributed by atoms with E-state index < -0.39 is 0 Å². The molecule has 1 N–H and O–H groups in total. The van der Waals surface area contributed by atoms with Crippen molar-refractivity contribution in [2.45, 2.75) is 12.8 Å². The molecular weight excluding hydrogens is 154 g/mol. The summed E-state index contributed by atoms with van der Waals surface area (Å²) in [6.07, 6.45) is 5.70. The monoisotopic (exact) mass is 167 g/mol. The lowest BCUT2D eigenvalue weighted by Crippen LogP contribution is -2.22. The number of allylic oxidation sites excluding steroid dienone is 2. The number of carbonyl (C=O) groups excluding carboxylic acids is 1. The Morgan fingerprint density at radius 3 is 2.75 bits per heavy atom. The third-order valence-electron chi connectivity index (χ3n) is 1.80. The van der Waals surface area contributed by atoms with Gasteiger partial charge in [0.15, 0.2) is 0 Å². The molecule has 0 bridgehead atoms. The van der Waals surface area contributed by atoms with Crippen molar-refractivity contribution in [3.8, 4) is 0 Å². The molecule has 0 heterocycles. The standard InChI is InChI=1S/C9H13NO2/c1-10-9(11)7-5-3-4-6-8(7)12-2/h5-6H,3-4H2,1-2H3,(H,10,11). The van der Waals surface area contributed by atoms with Crippen molar-refractivity contribution >= 4 is 5.91 Å². The Morgan fingerprint density at radius 2 is 2.17 bits per heavy atom. The molecule has 66 valence electrons. The Morgan fingerprint density at radius 1 is 1.50 bits per heavy atom. The third-order valence-corrected chi connectivity index (χ3v) is 1.80. The van der Waals surface area contributed by atoms with Gasteiger partial charge in [0, 0.05) is 7.05 Å². The van der Waals surface area contributed by atoms with Crippen LogP contribution in [0.2, 0.25) is 0 Å². The molecule has 0 spiro atoms. The van der Waals surface area contributed by atoms with Crippen LogP contribution in [0.5, 0.6) is 0 Å². The van der Waals surface area contributed by atoms with E-state index in [-0.39, 0.29) is 5.91 Å². The van der Waals surface area contributed by atoms with Gasteiger partial charge in [-0.25, -0.2) is 0 Å². The zero-order chi connectivity index (χ0) is 8.97. The van der Waals surface area contributed by atoms with Crippen LogP contribution in [-0.2, 0) is 9.53 Å². The molecule has 0 unspecified atom stereocenters. The van der Waals surface area contributed by atoms with E-state index in [2.05, 4.69) is 5.32 Å².